The van der Waals surface area contributed by atoms with Crippen LogP contribution in [0, 0.1) is 29.9 Å². The fraction of sp³-hybridized carbons (Fsp3) is 0.391. The molecule has 0 saturated carbocycles. The molecule has 0 atom stereocenters. The SMILES string of the molecule is Cc1cc(NC(=O)CN2CCC(C(=O)NCc3ccccc3)CC2)c([N+](=O)[O-])cc1C. The highest BCUT2D eigenvalue weighted by atomic mass is 16.6. The largest absolute Gasteiger partial charge is 0.352 e. The van der Waals surface area contributed by atoms with E-state index in [-0.39, 0.29) is 35.7 Å². The van der Waals surface area contributed by atoms with Crippen LogP contribution in [-0.2, 0) is 16.1 Å². The second-order valence-electron chi connectivity index (χ2n) is 8.01. The Morgan fingerprint density at radius 3 is 2.39 bits per heavy atom. The fourth-order valence-corrected chi connectivity index (χ4v) is 3.73. The Labute approximate surface area is 181 Å². The number of nitrogens with zero attached hydrogens (tertiary/aromatic N) is 2. The van der Waals surface area contributed by atoms with E-state index in [0.29, 0.717) is 32.5 Å². The number of piperidine rings is 1. The van der Waals surface area contributed by atoms with Crippen LogP contribution < -0.4 is 10.6 Å². The van der Waals surface area contributed by atoms with Crippen molar-refractivity contribution in [2.45, 2.75) is 33.2 Å². The summed E-state index contributed by atoms with van der Waals surface area (Å²) in [5.74, 6) is -0.319. The van der Waals surface area contributed by atoms with Crippen LogP contribution in [0.2, 0.25) is 0 Å². The summed E-state index contributed by atoms with van der Waals surface area (Å²) < 4.78 is 0. The van der Waals surface area contributed by atoms with E-state index in [1.54, 1.807) is 13.0 Å². The minimum Gasteiger partial charge on any atom is -0.352 e. The van der Waals surface area contributed by atoms with Crippen LogP contribution in [0.15, 0.2) is 42.5 Å². The van der Waals surface area contributed by atoms with Gasteiger partial charge in [0.2, 0.25) is 11.8 Å². The van der Waals surface area contributed by atoms with Crippen LogP contribution in [-0.4, -0.2) is 41.3 Å². The number of rotatable bonds is 7. The molecular formula is C23H28N4O4. The van der Waals surface area contributed by atoms with E-state index in [2.05, 4.69) is 10.6 Å². The number of nitro benzene ring substituents is 1. The fourth-order valence-electron chi connectivity index (χ4n) is 3.73. The van der Waals surface area contributed by atoms with Gasteiger partial charge in [0.1, 0.15) is 5.69 Å². The first kappa shape index (κ1) is 22.4. The predicted octanol–water partition coefficient (Wildman–Crippen LogP) is 3.18. The lowest BCUT2D eigenvalue weighted by atomic mass is 9.96. The number of hydrogen-bond acceptors (Lipinski definition) is 5. The summed E-state index contributed by atoms with van der Waals surface area (Å²) in [7, 11) is 0. The molecule has 2 aromatic carbocycles. The number of amides is 2. The molecule has 0 bridgehead atoms. The lowest BCUT2D eigenvalue weighted by Gasteiger charge is -2.30. The van der Waals surface area contributed by atoms with Gasteiger partial charge in [0.15, 0.2) is 0 Å². The Morgan fingerprint density at radius 1 is 1.10 bits per heavy atom. The van der Waals surface area contributed by atoms with Crippen LogP contribution in [0.3, 0.4) is 0 Å². The van der Waals surface area contributed by atoms with E-state index in [0.717, 1.165) is 16.7 Å². The first-order chi connectivity index (χ1) is 14.8. The molecule has 8 heteroatoms. The molecule has 2 aromatic rings. The average Bonchev–Trinajstić information content (AvgIpc) is 2.75. The van der Waals surface area contributed by atoms with Gasteiger partial charge in [-0.25, -0.2) is 0 Å². The van der Waals surface area contributed by atoms with Crippen molar-refractivity contribution < 1.29 is 14.5 Å². The Kier molecular flexibility index (Phi) is 7.36. The molecule has 1 saturated heterocycles. The highest BCUT2D eigenvalue weighted by molar-refractivity contribution is 5.94. The number of benzene rings is 2. The lowest BCUT2D eigenvalue weighted by molar-refractivity contribution is -0.384. The maximum Gasteiger partial charge on any atom is 0.293 e. The van der Waals surface area contributed by atoms with Gasteiger partial charge in [0, 0.05) is 18.5 Å². The number of nitro groups is 1. The van der Waals surface area contributed by atoms with Gasteiger partial charge in [-0.05, 0) is 62.5 Å². The summed E-state index contributed by atoms with van der Waals surface area (Å²) >= 11 is 0. The Morgan fingerprint density at radius 2 is 1.74 bits per heavy atom. The third-order valence-electron chi connectivity index (χ3n) is 5.72. The quantitative estimate of drug-likeness (QED) is 0.525. The maximum atomic E-state index is 12.5. The van der Waals surface area contributed by atoms with Gasteiger partial charge in [0.05, 0.1) is 11.5 Å². The molecule has 0 aliphatic carbocycles. The van der Waals surface area contributed by atoms with Crippen LogP contribution in [0.5, 0.6) is 0 Å². The summed E-state index contributed by atoms with van der Waals surface area (Å²) in [5.41, 5.74) is 2.85. The van der Waals surface area contributed by atoms with E-state index in [1.807, 2.05) is 42.2 Å². The van der Waals surface area contributed by atoms with Crippen molar-refractivity contribution in [1.82, 2.24) is 10.2 Å². The molecule has 0 radical (unpaired) electrons. The maximum absolute atomic E-state index is 12.5. The summed E-state index contributed by atoms with van der Waals surface area (Å²) in [4.78, 5) is 37.7. The van der Waals surface area contributed by atoms with Gasteiger partial charge >= 0.3 is 0 Å². The number of carbonyl (C=O) groups excluding carboxylic acids is 2. The minimum absolute atomic E-state index is 0.0405. The average molecular weight is 425 g/mol. The molecular weight excluding hydrogens is 396 g/mol. The topological polar surface area (TPSA) is 105 Å². The molecule has 0 aromatic heterocycles. The molecule has 0 unspecified atom stereocenters. The highest BCUT2D eigenvalue weighted by Crippen LogP contribution is 2.28. The number of nitrogens with one attached hydrogen (secondary N) is 2. The van der Waals surface area contributed by atoms with Crippen LogP contribution in [0.1, 0.15) is 29.5 Å². The zero-order valence-corrected chi connectivity index (χ0v) is 17.9. The Bertz CT molecular complexity index is 954. The lowest BCUT2D eigenvalue weighted by Crippen LogP contribution is -2.43. The molecule has 8 nitrogen and oxygen atoms in total. The third-order valence-corrected chi connectivity index (χ3v) is 5.72. The van der Waals surface area contributed by atoms with Crippen molar-refractivity contribution in [1.29, 1.82) is 0 Å². The molecule has 1 heterocycles. The number of likely N-dealkylation sites (tertiary alicyclic amines) is 1. The van der Waals surface area contributed by atoms with Gasteiger partial charge in [-0.1, -0.05) is 30.3 Å². The molecule has 1 aliphatic rings. The van der Waals surface area contributed by atoms with Crippen molar-refractivity contribution >= 4 is 23.2 Å². The monoisotopic (exact) mass is 424 g/mol. The van der Waals surface area contributed by atoms with E-state index in [9.17, 15) is 19.7 Å². The van der Waals surface area contributed by atoms with Crippen LogP contribution in [0.4, 0.5) is 11.4 Å². The third kappa shape index (κ3) is 6.11. The molecule has 0 spiro atoms. The standard InChI is InChI=1S/C23H28N4O4/c1-16-12-20(21(27(30)31)13-17(16)2)25-22(28)15-26-10-8-19(9-11-26)23(29)24-14-18-6-4-3-5-7-18/h3-7,12-13,19H,8-11,14-15H2,1-2H3,(H,24,29)(H,25,28). The molecule has 164 valence electrons. The van der Waals surface area contributed by atoms with Gasteiger partial charge in [0.25, 0.3) is 5.69 Å². The molecule has 31 heavy (non-hydrogen) atoms. The molecule has 2 amide bonds. The molecule has 1 aliphatic heterocycles. The second kappa shape index (κ2) is 10.2. The van der Waals surface area contributed by atoms with Crippen LogP contribution in [0.25, 0.3) is 0 Å². The smallest absolute Gasteiger partial charge is 0.293 e. The zero-order chi connectivity index (χ0) is 22.4. The second-order valence-corrected chi connectivity index (χ2v) is 8.01. The predicted molar refractivity (Wildman–Crippen MR) is 119 cm³/mol. The van der Waals surface area contributed by atoms with E-state index < -0.39 is 4.92 Å². The van der Waals surface area contributed by atoms with Gasteiger partial charge in [-0.15, -0.1) is 0 Å². The Balaban J connectivity index is 1.47. The highest BCUT2D eigenvalue weighted by Gasteiger charge is 2.26. The number of anilines is 1. The summed E-state index contributed by atoms with van der Waals surface area (Å²) in [6.45, 7) is 5.56. The number of carbonyl (C=O) groups is 2. The van der Waals surface area contributed by atoms with Gasteiger partial charge < -0.3 is 10.6 Å². The van der Waals surface area contributed by atoms with Crippen molar-refractivity contribution in [2.24, 2.45) is 5.92 Å². The van der Waals surface area contributed by atoms with Gasteiger partial charge in [-0.2, -0.15) is 0 Å². The van der Waals surface area contributed by atoms with E-state index in [1.165, 1.54) is 6.07 Å². The first-order valence-electron chi connectivity index (χ1n) is 10.4. The van der Waals surface area contributed by atoms with Gasteiger partial charge in [-0.3, -0.25) is 24.6 Å². The van der Waals surface area contributed by atoms with E-state index >= 15 is 0 Å². The van der Waals surface area contributed by atoms with Crippen molar-refractivity contribution in [3.63, 3.8) is 0 Å². The normalized spacial score (nSPS) is 14.8. The molecule has 2 N–H and O–H groups in total. The first-order valence-corrected chi connectivity index (χ1v) is 10.4. The molecule has 3 rings (SSSR count). The number of hydrogen-bond donors (Lipinski definition) is 2. The zero-order valence-electron chi connectivity index (χ0n) is 17.9. The van der Waals surface area contributed by atoms with E-state index in [4.69, 9.17) is 0 Å². The summed E-state index contributed by atoms with van der Waals surface area (Å²) in [6.07, 6.45) is 1.36. The van der Waals surface area contributed by atoms with Crippen molar-refractivity contribution in [3.05, 3.63) is 69.3 Å². The minimum atomic E-state index is -0.485. The molecule has 1 fully saturated rings. The van der Waals surface area contributed by atoms with Crippen LogP contribution >= 0.6 is 0 Å². The van der Waals surface area contributed by atoms with Crippen molar-refractivity contribution in [3.8, 4) is 0 Å². The Hall–Kier alpha value is -3.26. The summed E-state index contributed by atoms with van der Waals surface area (Å²) in [5, 5.41) is 17.0. The summed E-state index contributed by atoms with van der Waals surface area (Å²) in [6, 6.07) is 12.9. The van der Waals surface area contributed by atoms with Crippen molar-refractivity contribution in [2.75, 3.05) is 25.0 Å². The number of aryl methyl sites for hydroxylation is 2.